The van der Waals surface area contributed by atoms with E-state index >= 15 is 0 Å². The summed E-state index contributed by atoms with van der Waals surface area (Å²) in [6, 6.07) is 26.2. The highest BCUT2D eigenvalue weighted by Crippen LogP contribution is 2.27. The van der Waals surface area contributed by atoms with Gasteiger partial charge >= 0.3 is 0 Å². The topological polar surface area (TPSA) is 17.1 Å². The second-order valence-electron chi connectivity index (χ2n) is 4.75. The van der Waals surface area contributed by atoms with Crippen LogP contribution in [-0.4, -0.2) is 6.79 Å². The lowest BCUT2D eigenvalue weighted by Crippen LogP contribution is -1.78. The van der Waals surface area contributed by atoms with Crippen LogP contribution in [-0.2, 0) is 4.79 Å². The largest absolute Gasteiger partial charge is 0.307 e. The van der Waals surface area contributed by atoms with Crippen molar-refractivity contribution in [3.05, 3.63) is 72.8 Å². The molecule has 1 nitrogen and oxygen atoms in total. The molecule has 4 aromatic rings. The van der Waals surface area contributed by atoms with Crippen molar-refractivity contribution in [1.82, 2.24) is 0 Å². The highest BCUT2D eigenvalue weighted by molar-refractivity contribution is 6.04. The summed E-state index contributed by atoms with van der Waals surface area (Å²) in [7, 11) is 0. The van der Waals surface area contributed by atoms with Gasteiger partial charge in [-0.05, 0) is 56.6 Å². The first-order valence-corrected chi connectivity index (χ1v) is 6.50. The minimum absolute atomic E-state index is 1.31. The van der Waals surface area contributed by atoms with Gasteiger partial charge in [-0.15, -0.1) is 0 Å². The maximum Gasteiger partial charge on any atom is 0.106 e. The maximum atomic E-state index is 8.00. The van der Waals surface area contributed by atoms with Crippen molar-refractivity contribution < 1.29 is 4.79 Å². The molecule has 20 heavy (non-hydrogen) atoms. The Morgan fingerprint density at radius 3 is 0.950 bits per heavy atom. The molecule has 0 fully saturated rings. The number of carbonyl (C=O) groups is 1. The van der Waals surface area contributed by atoms with Crippen molar-refractivity contribution in [2.45, 2.75) is 0 Å². The van der Waals surface area contributed by atoms with E-state index < -0.39 is 0 Å². The van der Waals surface area contributed by atoms with Crippen LogP contribution < -0.4 is 0 Å². The minimum Gasteiger partial charge on any atom is -0.307 e. The van der Waals surface area contributed by atoms with Gasteiger partial charge in [-0.3, -0.25) is 0 Å². The highest BCUT2D eigenvalue weighted by Gasteiger charge is 2.00. The van der Waals surface area contributed by atoms with Crippen LogP contribution in [0.2, 0.25) is 0 Å². The Balaban J connectivity index is 0.000000581. The summed E-state index contributed by atoms with van der Waals surface area (Å²) in [5.74, 6) is 0. The molecule has 1 heteroatoms. The third-order valence-electron chi connectivity index (χ3n) is 3.57. The molecule has 0 N–H and O–H groups in total. The van der Waals surface area contributed by atoms with Crippen LogP contribution in [0, 0.1) is 0 Å². The van der Waals surface area contributed by atoms with Gasteiger partial charge in [0.1, 0.15) is 6.79 Å². The number of carbonyl (C=O) groups excluding carboxylic acids is 1. The molecule has 4 aromatic carbocycles. The Kier molecular flexibility index (Phi) is 3.18. The molecule has 0 heterocycles. The predicted octanol–water partition coefficient (Wildman–Crippen LogP) is 4.96. The molecular formula is C19H14O. The van der Waals surface area contributed by atoms with Crippen molar-refractivity contribution >= 4 is 39.1 Å². The fourth-order valence-electron chi connectivity index (χ4n) is 2.63. The number of fused-ring (bicyclic) bond motifs is 3. The van der Waals surface area contributed by atoms with Crippen LogP contribution in [0.1, 0.15) is 0 Å². The van der Waals surface area contributed by atoms with Gasteiger partial charge in [0.15, 0.2) is 0 Å². The zero-order chi connectivity index (χ0) is 13.9. The molecule has 0 radical (unpaired) electrons. The summed E-state index contributed by atoms with van der Waals surface area (Å²) in [4.78, 5) is 8.00. The quantitative estimate of drug-likeness (QED) is 0.407. The first-order valence-electron chi connectivity index (χ1n) is 6.50. The molecule has 0 bridgehead atoms. The van der Waals surface area contributed by atoms with Crippen LogP contribution in [0.15, 0.2) is 72.8 Å². The van der Waals surface area contributed by atoms with E-state index in [9.17, 15) is 0 Å². The normalized spacial score (nSPS) is 10.4. The SMILES string of the molecule is C=O.c1ccc2cc3cc4ccccc4cc3cc2c1. The first-order chi connectivity index (χ1) is 9.90. The Hall–Kier alpha value is -2.67. The fourth-order valence-corrected chi connectivity index (χ4v) is 2.63. The fraction of sp³-hybridized carbons (Fsp3) is 0. The molecule has 0 spiro atoms. The lowest BCUT2D eigenvalue weighted by molar-refractivity contribution is -0.0979. The van der Waals surface area contributed by atoms with Gasteiger partial charge in [0.05, 0.1) is 0 Å². The Morgan fingerprint density at radius 2 is 0.700 bits per heavy atom. The molecule has 0 aliphatic heterocycles. The molecule has 0 saturated carbocycles. The number of hydrogen-bond donors (Lipinski definition) is 0. The van der Waals surface area contributed by atoms with Crippen molar-refractivity contribution in [2.24, 2.45) is 0 Å². The lowest BCUT2D eigenvalue weighted by Gasteiger charge is -2.04. The van der Waals surface area contributed by atoms with Crippen LogP contribution >= 0.6 is 0 Å². The molecule has 4 rings (SSSR count). The molecular weight excluding hydrogens is 244 g/mol. The Labute approximate surface area is 117 Å². The minimum atomic E-state index is 1.31. The molecule has 96 valence electrons. The van der Waals surface area contributed by atoms with Gasteiger partial charge in [0.2, 0.25) is 0 Å². The maximum absolute atomic E-state index is 8.00. The van der Waals surface area contributed by atoms with Crippen LogP contribution in [0.4, 0.5) is 0 Å². The van der Waals surface area contributed by atoms with Crippen LogP contribution in [0.3, 0.4) is 0 Å². The zero-order valence-corrected chi connectivity index (χ0v) is 11.0. The van der Waals surface area contributed by atoms with E-state index in [0.717, 1.165) is 0 Å². The van der Waals surface area contributed by atoms with Crippen molar-refractivity contribution in [3.63, 3.8) is 0 Å². The van der Waals surface area contributed by atoms with Crippen molar-refractivity contribution in [1.29, 1.82) is 0 Å². The first kappa shape index (κ1) is 12.4. The van der Waals surface area contributed by atoms with Crippen molar-refractivity contribution in [2.75, 3.05) is 0 Å². The van der Waals surface area contributed by atoms with Crippen LogP contribution in [0.5, 0.6) is 0 Å². The van der Waals surface area contributed by atoms with Gasteiger partial charge in [-0.1, -0.05) is 48.5 Å². The summed E-state index contributed by atoms with van der Waals surface area (Å²) < 4.78 is 0. The standard InChI is InChI=1S/C18H12.CH2O/c1-2-6-14-10-18-12-16-8-4-3-7-15(16)11-17(18)9-13(14)5-1;1-2/h1-12H;1H2. The van der Waals surface area contributed by atoms with E-state index in [0.29, 0.717) is 0 Å². The molecule has 0 aliphatic rings. The summed E-state index contributed by atoms with van der Waals surface area (Å²) in [5, 5.41) is 7.85. The van der Waals surface area contributed by atoms with Gasteiger partial charge in [0, 0.05) is 0 Å². The van der Waals surface area contributed by atoms with E-state index in [2.05, 4.69) is 72.8 Å². The molecule has 0 saturated heterocycles. The lowest BCUT2D eigenvalue weighted by atomic mass is 10.00. The number of hydrogen-bond acceptors (Lipinski definition) is 1. The van der Waals surface area contributed by atoms with Crippen LogP contribution in [0.25, 0.3) is 32.3 Å². The molecule has 0 unspecified atom stereocenters. The Bertz CT molecular complexity index is 749. The number of benzene rings is 4. The summed E-state index contributed by atoms with van der Waals surface area (Å²) in [5.41, 5.74) is 0. The monoisotopic (exact) mass is 258 g/mol. The third-order valence-corrected chi connectivity index (χ3v) is 3.57. The van der Waals surface area contributed by atoms with E-state index in [4.69, 9.17) is 4.79 Å². The average Bonchev–Trinajstić information content (AvgIpc) is 2.52. The van der Waals surface area contributed by atoms with Crippen molar-refractivity contribution in [3.8, 4) is 0 Å². The molecule has 0 amide bonds. The summed E-state index contributed by atoms with van der Waals surface area (Å²) in [6.45, 7) is 2.00. The zero-order valence-electron chi connectivity index (χ0n) is 11.0. The van der Waals surface area contributed by atoms with Gasteiger partial charge < -0.3 is 4.79 Å². The smallest absolute Gasteiger partial charge is 0.106 e. The van der Waals surface area contributed by atoms with Gasteiger partial charge in [-0.25, -0.2) is 0 Å². The average molecular weight is 258 g/mol. The van der Waals surface area contributed by atoms with E-state index in [1.807, 2.05) is 6.79 Å². The van der Waals surface area contributed by atoms with E-state index in [1.165, 1.54) is 32.3 Å². The predicted molar refractivity (Wildman–Crippen MR) is 86.1 cm³/mol. The second kappa shape index (κ2) is 5.14. The molecule has 0 aliphatic carbocycles. The van der Waals surface area contributed by atoms with Gasteiger partial charge in [0.25, 0.3) is 0 Å². The third kappa shape index (κ3) is 2.04. The summed E-state index contributed by atoms with van der Waals surface area (Å²) >= 11 is 0. The van der Waals surface area contributed by atoms with Gasteiger partial charge in [-0.2, -0.15) is 0 Å². The second-order valence-corrected chi connectivity index (χ2v) is 4.75. The molecule has 0 atom stereocenters. The van der Waals surface area contributed by atoms with E-state index in [1.54, 1.807) is 0 Å². The highest BCUT2D eigenvalue weighted by atomic mass is 16.1. The Morgan fingerprint density at radius 1 is 0.450 bits per heavy atom. The molecule has 0 aromatic heterocycles. The number of rotatable bonds is 0. The summed E-state index contributed by atoms with van der Waals surface area (Å²) in [6.07, 6.45) is 0. The van der Waals surface area contributed by atoms with E-state index in [-0.39, 0.29) is 0 Å².